The number of nitrogens with zero attached hydrogens (tertiary/aromatic N) is 2. The van der Waals surface area contributed by atoms with E-state index in [0.717, 1.165) is 36.5 Å². The second-order valence-corrected chi connectivity index (χ2v) is 3.59. The van der Waals surface area contributed by atoms with Crippen LogP contribution in [0.25, 0.3) is 0 Å². The highest BCUT2D eigenvalue weighted by Gasteiger charge is 2.30. The van der Waals surface area contributed by atoms with Gasteiger partial charge >= 0.3 is 0 Å². The number of aliphatic imine (C=N–C) groups is 1. The molecule has 70 valence electrons. The lowest BCUT2D eigenvalue weighted by Crippen LogP contribution is -2.39. The van der Waals surface area contributed by atoms with Crippen LogP contribution in [0, 0.1) is 0 Å². The van der Waals surface area contributed by atoms with Crippen LogP contribution in [0.3, 0.4) is 0 Å². The molecule has 0 aromatic heterocycles. The molecule has 3 rings (SSSR count). The van der Waals surface area contributed by atoms with Gasteiger partial charge in [-0.2, -0.15) is 0 Å². The first-order valence-corrected chi connectivity index (χ1v) is 4.79. The van der Waals surface area contributed by atoms with E-state index in [2.05, 4.69) is 4.99 Å². The predicted molar refractivity (Wildman–Crippen MR) is 53.5 cm³/mol. The largest absolute Gasteiger partial charge is 0.294 e. The number of carbonyl (C=O) groups excluding carboxylic acids is 1. The predicted octanol–water partition coefficient (Wildman–Crippen LogP) is 1.10. The van der Waals surface area contributed by atoms with E-state index in [1.165, 1.54) is 0 Å². The molecule has 14 heavy (non-hydrogen) atoms. The standard InChI is InChI=1S/C11H10N2O/c14-11-9-4-2-1-3-8(9)7-10-12-5-6-13(10)11/h1-4H,5-7H2. The third-order valence-corrected chi connectivity index (χ3v) is 2.77. The molecular weight excluding hydrogens is 176 g/mol. The molecule has 0 atom stereocenters. The molecule has 0 radical (unpaired) electrons. The van der Waals surface area contributed by atoms with Crippen molar-refractivity contribution in [2.75, 3.05) is 13.1 Å². The zero-order valence-electron chi connectivity index (χ0n) is 7.73. The van der Waals surface area contributed by atoms with Crippen molar-refractivity contribution in [3.05, 3.63) is 35.4 Å². The monoisotopic (exact) mass is 186 g/mol. The maximum absolute atomic E-state index is 11.9. The minimum atomic E-state index is 0.114. The fourth-order valence-electron chi connectivity index (χ4n) is 2.06. The average Bonchev–Trinajstić information content (AvgIpc) is 2.66. The van der Waals surface area contributed by atoms with E-state index in [1.807, 2.05) is 24.3 Å². The Morgan fingerprint density at radius 1 is 1.29 bits per heavy atom. The number of benzene rings is 1. The fraction of sp³-hybridized carbons (Fsp3) is 0.273. The van der Waals surface area contributed by atoms with E-state index in [9.17, 15) is 4.79 Å². The zero-order valence-corrected chi connectivity index (χ0v) is 7.73. The number of amides is 1. The molecule has 0 spiro atoms. The van der Waals surface area contributed by atoms with E-state index in [-0.39, 0.29) is 5.91 Å². The van der Waals surface area contributed by atoms with Crippen molar-refractivity contribution >= 4 is 11.7 Å². The molecule has 1 amide bonds. The topological polar surface area (TPSA) is 32.7 Å². The van der Waals surface area contributed by atoms with E-state index in [0.29, 0.717) is 0 Å². The van der Waals surface area contributed by atoms with Gasteiger partial charge in [0.05, 0.1) is 6.54 Å². The molecule has 3 nitrogen and oxygen atoms in total. The number of hydrogen-bond donors (Lipinski definition) is 0. The Bertz CT molecular complexity index is 437. The normalized spacial score (nSPS) is 19.0. The highest BCUT2D eigenvalue weighted by atomic mass is 16.2. The van der Waals surface area contributed by atoms with Gasteiger partial charge < -0.3 is 0 Å². The second-order valence-electron chi connectivity index (χ2n) is 3.59. The van der Waals surface area contributed by atoms with Gasteiger partial charge in [0.2, 0.25) is 0 Å². The van der Waals surface area contributed by atoms with Gasteiger partial charge in [0.15, 0.2) is 0 Å². The minimum Gasteiger partial charge on any atom is -0.294 e. The molecule has 1 aromatic carbocycles. The molecule has 0 saturated carbocycles. The summed E-state index contributed by atoms with van der Waals surface area (Å²) in [6.45, 7) is 1.51. The van der Waals surface area contributed by atoms with Gasteiger partial charge in [-0.15, -0.1) is 0 Å². The van der Waals surface area contributed by atoms with Crippen molar-refractivity contribution in [3.63, 3.8) is 0 Å². The van der Waals surface area contributed by atoms with Crippen LogP contribution >= 0.6 is 0 Å². The summed E-state index contributed by atoms with van der Waals surface area (Å²) in [7, 11) is 0. The Hall–Kier alpha value is -1.64. The molecule has 2 aliphatic rings. The summed E-state index contributed by atoms with van der Waals surface area (Å²) in [5.41, 5.74) is 1.95. The lowest BCUT2D eigenvalue weighted by Gasteiger charge is -2.25. The Morgan fingerprint density at radius 3 is 3.07 bits per heavy atom. The van der Waals surface area contributed by atoms with Crippen LogP contribution in [-0.2, 0) is 6.42 Å². The van der Waals surface area contributed by atoms with Gasteiger partial charge in [-0.1, -0.05) is 18.2 Å². The van der Waals surface area contributed by atoms with Gasteiger partial charge in [0, 0.05) is 18.5 Å². The molecule has 0 saturated heterocycles. The lowest BCUT2D eigenvalue weighted by atomic mass is 9.99. The van der Waals surface area contributed by atoms with Crippen LogP contribution in [-0.4, -0.2) is 29.7 Å². The second kappa shape index (κ2) is 2.67. The van der Waals surface area contributed by atoms with Gasteiger partial charge in [-0.25, -0.2) is 0 Å². The van der Waals surface area contributed by atoms with E-state index in [4.69, 9.17) is 0 Å². The molecule has 2 aliphatic heterocycles. The molecular formula is C11H10N2O. The number of rotatable bonds is 0. The fourth-order valence-corrected chi connectivity index (χ4v) is 2.06. The van der Waals surface area contributed by atoms with Crippen LogP contribution in [0.15, 0.2) is 29.3 Å². The summed E-state index contributed by atoms with van der Waals surface area (Å²) in [5, 5.41) is 0. The van der Waals surface area contributed by atoms with E-state index in [1.54, 1.807) is 4.90 Å². The van der Waals surface area contributed by atoms with Gasteiger partial charge in [0.25, 0.3) is 5.91 Å². The van der Waals surface area contributed by atoms with Crippen molar-refractivity contribution in [3.8, 4) is 0 Å². The summed E-state index contributed by atoms with van der Waals surface area (Å²) in [6.07, 6.45) is 0.807. The van der Waals surface area contributed by atoms with Gasteiger partial charge in [-0.05, 0) is 11.6 Å². The first kappa shape index (κ1) is 7.74. The number of carbonyl (C=O) groups is 1. The SMILES string of the molecule is O=C1c2ccccc2CC2=NCCN12. The highest BCUT2D eigenvalue weighted by Crippen LogP contribution is 2.22. The van der Waals surface area contributed by atoms with E-state index < -0.39 is 0 Å². The smallest absolute Gasteiger partial charge is 0.259 e. The molecule has 0 N–H and O–H groups in total. The molecule has 0 unspecified atom stereocenters. The molecule has 0 bridgehead atoms. The number of hydrogen-bond acceptors (Lipinski definition) is 2. The van der Waals surface area contributed by atoms with Gasteiger partial charge in [0.1, 0.15) is 5.84 Å². The maximum atomic E-state index is 11.9. The van der Waals surface area contributed by atoms with E-state index >= 15 is 0 Å². The first-order chi connectivity index (χ1) is 6.86. The number of amidine groups is 1. The summed E-state index contributed by atoms with van der Waals surface area (Å²) < 4.78 is 0. The maximum Gasteiger partial charge on any atom is 0.259 e. The Balaban J connectivity index is 2.15. The molecule has 0 fully saturated rings. The molecule has 2 heterocycles. The Morgan fingerprint density at radius 2 is 2.14 bits per heavy atom. The van der Waals surface area contributed by atoms with Crippen LogP contribution in [0.4, 0.5) is 0 Å². The van der Waals surface area contributed by atoms with Crippen molar-refractivity contribution in [2.24, 2.45) is 4.99 Å². The van der Waals surface area contributed by atoms with Crippen molar-refractivity contribution < 1.29 is 4.79 Å². The Kier molecular flexibility index (Phi) is 1.48. The van der Waals surface area contributed by atoms with Crippen molar-refractivity contribution in [1.82, 2.24) is 4.90 Å². The van der Waals surface area contributed by atoms with Crippen LogP contribution in [0.1, 0.15) is 15.9 Å². The van der Waals surface area contributed by atoms with Crippen LogP contribution < -0.4 is 0 Å². The summed E-state index contributed by atoms with van der Waals surface area (Å²) >= 11 is 0. The Labute approximate surface area is 82.1 Å². The van der Waals surface area contributed by atoms with Crippen molar-refractivity contribution in [2.45, 2.75) is 6.42 Å². The molecule has 3 heteroatoms. The zero-order chi connectivity index (χ0) is 9.54. The molecule has 0 aliphatic carbocycles. The quantitative estimate of drug-likeness (QED) is 0.597. The van der Waals surface area contributed by atoms with Crippen LogP contribution in [0.5, 0.6) is 0 Å². The average molecular weight is 186 g/mol. The highest BCUT2D eigenvalue weighted by molar-refractivity contribution is 6.12. The minimum absolute atomic E-state index is 0.114. The summed E-state index contributed by atoms with van der Waals surface area (Å²) in [5.74, 6) is 1.05. The third-order valence-electron chi connectivity index (χ3n) is 2.77. The third kappa shape index (κ3) is 0.923. The molecule has 1 aromatic rings. The van der Waals surface area contributed by atoms with Gasteiger partial charge in [-0.3, -0.25) is 14.7 Å². The van der Waals surface area contributed by atoms with Crippen molar-refractivity contribution in [1.29, 1.82) is 0 Å². The number of fused-ring (bicyclic) bond motifs is 2. The van der Waals surface area contributed by atoms with Crippen LogP contribution in [0.2, 0.25) is 0 Å². The first-order valence-electron chi connectivity index (χ1n) is 4.79. The lowest BCUT2D eigenvalue weighted by molar-refractivity contribution is 0.0850. The summed E-state index contributed by atoms with van der Waals surface area (Å²) in [4.78, 5) is 18.1. The summed E-state index contributed by atoms with van der Waals surface area (Å²) in [6, 6.07) is 7.78.